The third-order valence-corrected chi connectivity index (χ3v) is 5.67. The van der Waals surface area contributed by atoms with E-state index in [9.17, 15) is 9.59 Å². The molecule has 156 valence electrons. The van der Waals surface area contributed by atoms with Crippen molar-refractivity contribution in [1.82, 2.24) is 14.7 Å². The number of likely N-dealkylation sites (tertiary alicyclic amines) is 1. The number of nitrogens with zero attached hydrogens (tertiary/aromatic N) is 3. The highest BCUT2D eigenvalue weighted by atomic mass is 35.5. The van der Waals surface area contributed by atoms with Crippen LogP contribution >= 0.6 is 11.6 Å². The van der Waals surface area contributed by atoms with Crippen LogP contribution in [0.4, 0.5) is 0 Å². The van der Waals surface area contributed by atoms with Crippen molar-refractivity contribution in [2.75, 3.05) is 19.7 Å². The minimum absolute atomic E-state index is 0.0639. The Labute approximate surface area is 176 Å². The first-order valence-electron chi connectivity index (χ1n) is 10.3. The van der Waals surface area contributed by atoms with E-state index in [0.717, 1.165) is 29.9 Å². The summed E-state index contributed by atoms with van der Waals surface area (Å²) in [5.41, 5.74) is 3.01. The molecule has 7 heteroatoms. The zero-order chi connectivity index (χ0) is 21.0. The highest BCUT2D eigenvalue weighted by Crippen LogP contribution is 2.28. The first-order valence-corrected chi connectivity index (χ1v) is 10.7. The van der Waals surface area contributed by atoms with E-state index in [1.165, 1.54) is 0 Å². The quantitative estimate of drug-likeness (QED) is 0.664. The summed E-state index contributed by atoms with van der Waals surface area (Å²) < 4.78 is 6.96. The lowest BCUT2D eigenvalue weighted by molar-refractivity contribution is -0.149. The zero-order valence-electron chi connectivity index (χ0n) is 17.3. The SMILES string of the molecule is CCOC(=O)[C@@H]1CCCN(C(=O)c2c(CC)nn(-c3ccccc3Cl)c2CC)C1. The van der Waals surface area contributed by atoms with Gasteiger partial charge in [0.15, 0.2) is 0 Å². The van der Waals surface area contributed by atoms with Crippen molar-refractivity contribution in [3.8, 4) is 5.69 Å². The third kappa shape index (κ3) is 4.32. The van der Waals surface area contributed by atoms with Crippen LogP contribution in [0, 0.1) is 5.92 Å². The number of benzene rings is 1. The van der Waals surface area contributed by atoms with E-state index >= 15 is 0 Å². The minimum atomic E-state index is -0.263. The third-order valence-electron chi connectivity index (χ3n) is 5.35. The smallest absolute Gasteiger partial charge is 0.310 e. The van der Waals surface area contributed by atoms with Crippen molar-refractivity contribution in [2.45, 2.75) is 46.5 Å². The van der Waals surface area contributed by atoms with Crippen molar-refractivity contribution in [3.63, 3.8) is 0 Å². The monoisotopic (exact) mass is 417 g/mol. The normalized spacial score (nSPS) is 16.7. The maximum absolute atomic E-state index is 13.5. The van der Waals surface area contributed by atoms with Gasteiger partial charge < -0.3 is 9.64 Å². The molecule has 1 aromatic heterocycles. The molecule has 6 nitrogen and oxygen atoms in total. The Morgan fingerprint density at radius 2 is 1.97 bits per heavy atom. The molecule has 1 aliphatic heterocycles. The van der Waals surface area contributed by atoms with Crippen molar-refractivity contribution < 1.29 is 14.3 Å². The Bertz CT molecular complexity index is 893. The van der Waals surface area contributed by atoms with Crippen molar-refractivity contribution in [3.05, 3.63) is 46.2 Å². The average molecular weight is 418 g/mol. The van der Waals surface area contributed by atoms with Gasteiger partial charge in [0.2, 0.25) is 0 Å². The van der Waals surface area contributed by atoms with Gasteiger partial charge in [-0.3, -0.25) is 9.59 Å². The van der Waals surface area contributed by atoms with Gasteiger partial charge in [0, 0.05) is 13.1 Å². The van der Waals surface area contributed by atoms with Crippen LogP contribution in [-0.4, -0.2) is 46.3 Å². The van der Waals surface area contributed by atoms with Crippen LogP contribution in [0.5, 0.6) is 0 Å². The minimum Gasteiger partial charge on any atom is -0.466 e. The summed E-state index contributed by atoms with van der Waals surface area (Å²) in [5, 5.41) is 5.31. The number of amides is 1. The Morgan fingerprint density at radius 3 is 2.62 bits per heavy atom. The number of rotatable bonds is 6. The van der Waals surface area contributed by atoms with Crippen LogP contribution in [-0.2, 0) is 22.4 Å². The van der Waals surface area contributed by atoms with Crippen LogP contribution in [0.15, 0.2) is 24.3 Å². The molecule has 1 fully saturated rings. The highest BCUT2D eigenvalue weighted by molar-refractivity contribution is 6.32. The number of aromatic nitrogens is 2. The molecule has 0 aliphatic carbocycles. The molecule has 0 radical (unpaired) electrons. The van der Waals surface area contributed by atoms with Gasteiger partial charge >= 0.3 is 5.97 Å². The molecule has 1 aliphatic rings. The van der Waals surface area contributed by atoms with Gasteiger partial charge in [-0.1, -0.05) is 37.6 Å². The molecule has 0 bridgehead atoms. The second kappa shape index (κ2) is 9.44. The van der Waals surface area contributed by atoms with Gasteiger partial charge in [0.25, 0.3) is 5.91 Å². The predicted molar refractivity (Wildman–Crippen MR) is 113 cm³/mol. The summed E-state index contributed by atoms with van der Waals surface area (Å²) in [6, 6.07) is 7.50. The summed E-state index contributed by atoms with van der Waals surface area (Å²) >= 11 is 6.40. The Morgan fingerprint density at radius 1 is 1.21 bits per heavy atom. The fourth-order valence-electron chi connectivity index (χ4n) is 3.92. The van der Waals surface area contributed by atoms with Gasteiger partial charge in [0.05, 0.1) is 40.2 Å². The molecular weight excluding hydrogens is 390 g/mol. The number of carbonyl (C=O) groups is 2. The van der Waals surface area contributed by atoms with E-state index in [0.29, 0.717) is 43.1 Å². The zero-order valence-corrected chi connectivity index (χ0v) is 18.0. The second-order valence-corrected chi connectivity index (χ2v) is 7.59. The molecular formula is C22H28ClN3O3. The maximum Gasteiger partial charge on any atom is 0.310 e. The molecule has 0 unspecified atom stereocenters. The van der Waals surface area contributed by atoms with Crippen LogP contribution < -0.4 is 0 Å². The van der Waals surface area contributed by atoms with E-state index in [1.807, 2.05) is 38.1 Å². The predicted octanol–water partition coefficient (Wildman–Crippen LogP) is 4.07. The maximum atomic E-state index is 13.5. The van der Waals surface area contributed by atoms with Crippen molar-refractivity contribution in [1.29, 1.82) is 0 Å². The number of hydrogen-bond acceptors (Lipinski definition) is 4. The number of hydrogen-bond donors (Lipinski definition) is 0. The molecule has 2 heterocycles. The largest absolute Gasteiger partial charge is 0.466 e. The Hall–Kier alpha value is -2.34. The summed E-state index contributed by atoms with van der Waals surface area (Å²) in [5.74, 6) is -0.546. The van der Waals surface area contributed by atoms with Gasteiger partial charge in [-0.15, -0.1) is 0 Å². The summed E-state index contributed by atoms with van der Waals surface area (Å²) in [4.78, 5) is 27.5. The molecule has 0 spiro atoms. The van der Waals surface area contributed by atoms with E-state index in [4.69, 9.17) is 21.4 Å². The number of ether oxygens (including phenoxy) is 1. The molecule has 2 aromatic rings. The van der Waals surface area contributed by atoms with Gasteiger partial charge in [-0.25, -0.2) is 4.68 Å². The second-order valence-electron chi connectivity index (χ2n) is 7.18. The standard InChI is InChI=1S/C22H28ClN3O3/c1-4-17-20(18(5-2)26(24-17)19-12-8-7-11-16(19)23)21(27)25-13-9-10-15(14-25)22(28)29-6-3/h7-8,11-12,15H,4-6,9-10,13-14H2,1-3H3/t15-/m1/s1. The molecule has 1 atom stereocenters. The van der Waals surface area contributed by atoms with E-state index in [1.54, 1.807) is 16.5 Å². The fraction of sp³-hybridized carbons (Fsp3) is 0.500. The molecule has 1 saturated heterocycles. The Kier molecular flexibility index (Phi) is 6.96. The lowest BCUT2D eigenvalue weighted by Gasteiger charge is -2.31. The summed E-state index contributed by atoms with van der Waals surface area (Å²) in [6.45, 7) is 7.19. The summed E-state index contributed by atoms with van der Waals surface area (Å²) in [7, 11) is 0. The van der Waals surface area contributed by atoms with Crippen LogP contribution in [0.25, 0.3) is 5.69 Å². The van der Waals surface area contributed by atoms with E-state index < -0.39 is 0 Å². The molecule has 1 aromatic carbocycles. The van der Waals surface area contributed by atoms with Gasteiger partial charge in [0.1, 0.15) is 0 Å². The van der Waals surface area contributed by atoms with Crippen LogP contribution in [0.1, 0.15) is 55.4 Å². The lowest BCUT2D eigenvalue weighted by Crippen LogP contribution is -2.43. The number of aryl methyl sites for hydroxylation is 1. The Balaban J connectivity index is 1.96. The highest BCUT2D eigenvalue weighted by Gasteiger charge is 2.33. The molecule has 29 heavy (non-hydrogen) atoms. The molecule has 3 rings (SSSR count). The average Bonchev–Trinajstić information content (AvgIpc) is 3.12. The van der Waals surface area contributed by atoms with Crippen molar-refractivity contribution in [2.24, 2.45) is 5.92 Å². The number of esters is 1. The number of para-hydroxylation sites is 1. The lowest BCUT2D eigenvalue weighted by atomic mass is 9.97. The summed E-state index contributed by atoms with van der Waals surface area (Å²) in [6.07, 6.45) is 2.83. The molecule has 0 N–H and O–H groups in total. The first-order chi connectivity index (χ1) is 14.0. The fourth-order valence-corrected chi connectivity index (χ4v) is 4.14. The van der Waals surface area contributed by atoms with Crippen molar-refractivity contribution >= 4 is 23.5 Å². The van der Waals surface area contributed by atoms with Crippen LogP contribution in [0.2, 0.25) is 5.02 Å². The first kappa shape index (κ1) is 21.4. The number of carbonyl (C=O) groups excluding carboxylic acids is 2. The van der Waals surface area contributed by atoms with Crippen LogP contribution in [0.3, 0.4) is 0 Å². The number of halogens is 1. The van der Waals surface area contributed by atoms with Gasteiger partial charge in [-0.05, 0) is 44.7 Å². The van der Waals surface area contributed by atoms with E-state index in [2.05, 4.69) is 0 Å². The number of piperidine rings is 1. The van der Waals surface area contributed by atoms with E-state index in [-0.39, 0.29) is 17.8 Å². The molecule has 1 amide bonds. The topological polar surface area (TPSA) is 64.4 Å². The molecule has 0 saturated carbocycles. The van der Waals surface area contributed by atoms with Gasteiger partial charge in [-0.2, -0.15) is 5.10 Å².